The number of rotatable bonds is 3. The van der Waals surface area contributed by atoms with Crippen LogP contribution in [0.2, 0.25) is 0 Å². The molecule has 0 fully saturated rings. The fourth-order valence-electron chi connectivity index (χ4n) is 2.53. The fraction of sp³-hybridized carbons (Fsp3) is 0.385. The Bertz CT molecular complexity index is 489. The molecular formula is C13H18N4O2. The predicted octanol–water partition coefficient (Wildman–Crippen LogP) is -0.261. The molecule has 0 saturated carbocycles. The molecule has 6 heteroatoms. The van der Waals surface area contributed by atoms with E-state index in [9.17, 15) is 9.59 Å². The third-order valence-electron chi connectivity index (χ3n) is 3.36. The number of primary amides is 1. The van der Waals surface area contributed by atoms with Crippen molar-refractivity contribution < 1.29 is 9.59 Å². The zero-order valence-electron chi connectivity index (χ0n) is 10.6. The monoisotopic (exact) mass is 262 g/mol. The lowest BCUT2D eigenvalue weighted by molar-refractivity contribution is -0.121. The summed E-state index contributed by atoms with van der Waals surface area (Å²) in [5.74, 6) is -0.398. The SMILES string of the molecule is NCC1c2ccccc2CCN1CC(=O)NC(N)=O. The lowest BCUT2D eigenvalue weighted by Crippen LogP contribution is -2.47. The van der Waals surface area contributed by atoms with Gasteiger partial charge in [-0.05, 0) is 17.5 Å². The van der Waals surface area contributed by atoms with Gasteiger partial charge in [-0.3, -0.25) is 15.0 Å². The second-order valence-corrected chi connectivity index (χ2v) is 4.58. The Morgan fingerprint density at radius 2 is 2.11 bits per heavy atom. The van der Waals surface area contributed by atoms with Crippen LogP contribution in [-0.2, 0) is 11.2 Å². The van der Waals surface area contributed by atoms with Crippen molar-refractivity contribution in [3.63, 3.8) is 0 Å². The third kappa shape index (κ3) is 3.10. The summed E-state index contributed by atoms with van der Waals surface area (Å²) in [6.07, 6.45) is 0.872. The number of carbonyl (C=O) groups is 2. The summed E-state index contributed by atoms with van der Waals surface area (Å²) < 4.78 is 0. The Morgan fingerprint density at radius 3 is 2.79 bits per heavy atom. The molecule has 1 unspecified atom stereocenters. The van der Waals surface area contributed by atoms with E-state index >= 15 is 0 Å². The van der Waals surface area contributed by atoms with E-state index in [1.165, 1.54) is 5.56 Å². The highest BCUT2D eigenvalue weighted by Crippen LogP contribution is 2.28. The molecule has 102 valence electrons. The van der Waals surface area contributed by atoms with E-state index < -0.39 is 11.9 Å². The Hall–Kier alpha value is -1.92. The molecule has 0 aromatic heterocycles. The molecule has 0 bridgehead atoms. The lowest BCUT2D eigenvalue weighted by Gasteiger charge is -2.36. The maximum Gasteiger partial charge on any atom is 0.318 e. The van der Waals surface area contributed by atoms with Crippen molar-refractivity contribution in [1.29, 1.82) is 0 Å². The Labute approximate surface area is 111 Å². The van der Waals surface area contributed by atoms with Crippen LogP contribution in [0.15, 0.2) is 24.3 Å². The zero-order chi connectivity index (χ0) is 13.8. The Kier molecular flexibility index (Phi) is 4.13. The molecule has 3 amide bonds. The Balaban J connectivity index is 2.11. The normalized spacial score (nSPS) is 18.7. The van der Waals surface area contributed by atoms with Crippen molar-refractivity contribution in [2.75, 3.05) is 19.6 Å². The number of imide groups is 1. The van der Waals surface area contributed by atoms with E-state index in [-0.39, 0.29) is 12.6 Å². The van der Waals surface area contributed by atoms with Crippen LogP contribution < -0.4 is 16.8 Å². The molecule has 19 heavy (non-hydrogen) atoms. The van der Waals surface area contributed by atoms with Gasteiger partial charge in [0.2, 0.25) is 5.91 Å². The Morgan fingerprint density at radius 1 is 1.37 bits per heavy atom. The molecule has 1 aliphatic rings. The molecular weight excluding hydrogens is 244 g/mol. The fourth-order valence-corrected chi connectivity index (χ4v) is 2.53. The molecule has 1 aliphatic heterocycles. The minimum Gasteiger partial charge on any atom is -0.351 e. The summed E-state index contributed by atoms with van der Waals surface area (Å²) in [4.78, 5) is 24.2. The van der Waals surface area contributed by atoms with Gasteiger partial charge in [0.25, 0.3) is 0 Å². The smallest absolute Gasteiger partial charge is 0.318 e. The molecule has 0 aliphatic carbocycles. The summed E-state index contributed by atoms with van der Waals surface area (Å²) >= 11 is 0. The minimum atomic E-state index is -0.827. The van der Waals surface area contributed by atoms with Crippen LogP contribution in [-0.4, -0.2) is 36.5 Å². The second kappa shape index (κ2) is 5.81. The van der Waals surface area contributed by atoms with E-state index in [1.54, 1.807) is 0 Å². The predicted molar refractivity (Wildman–Crippen MR) is 71.2 cm³/mol. The van der Waals surface area contributed by atoms with Gasteiger partial charge in [0.05, 0.1) is 6.54 Å². The average Bonchev–Trinajstić information content (AvgIpc) is 2.37. The van der Waals surface area contributed by atoms with Gasteiger partial charge >= 0.3 is 6.03 Å². The minimum absolute atomic E-state index is 0.00331. The van der Waals surface area contributed by atoms with Gasteiger partial charge in [-0.2, -0.15) is 0 Å². The molecule has 0 saturated heterocycles. The summed E-state index contributed by atoms with van der Waals surface area (Å²) in [6, 6.07) is 7.26. The van der Waals surface area contributed by atoms with Gasteiger partial charge in [0, 0.05) is 19.1 Å². The van der Waals surface area contributed by atoms with Gasteiger partial charge < -0.3 is 11.5 Å². The number of urea groups is 1. The van der Waals surface area contributed by atoms with E-state index in [0.29, 0.717) is 6.54 Å². The molecule has 1 aromatic carbocycles. The van der Waals surface area contributed by atoms with Gasteiger partial charge in [0.1, 0.15) is 0 Å². The highest BCUT2D eigenvalue weighted by Gasteiger charge is 2.27. The van der Waals surface area contributed by atoms with Crippen molar-refractivity contribution in [1.82, 2.24) is 10.2 Å². The summed E-state index contributed by atoms with van der Waals surface area (Å²) in [5, 5.41) is 2.08. The number of hydrogen-bond donors (Lipinski definition) is 3. The van der Waals surface area contributed by atoms with Crippen LogP contribution in [0.3, 0.4) is 0 Å². The first-order chi connectivity index (χ1) is 9.11. The van der Waals surface area contributed by atoms with E-state index in [1.807, 2.05) is 23.1 Å². The quantitative estimate of drug-likeness (QED) is 0.698. The van der Waals surface area contributed by atoms with E-state index in [0.717, 1.165) is 18.5 Å². The van der Waals surface area contributed by atoms with Gasteiger partial charge in [-0.1, -0.05) is 24.3 Å². The first-order valence-electron chi connectivity index (χ1n) is 6.23. The molecule has 2 rings (SSSR count). The van der Waals surface area contributed by atoms with Crippen LogP contribution in [0.4, 0.5) is 4.79 Å². The first kappa shape index (κ1) is 13.5. The topological polar surface area (TPSA) is 101 Å². The lowest BCUT2D eigenvalue weighted by atomic mass is 9.92. The molecule has 0 radical (unpaired) electrons. The zero-order valence-corrected chi connectivity index (χ0v) is 10.6. The van der Waals surface area contributed by atoms with Crippen molar-refractivity contribution in [3.8, 4) is 0 Å². The van der Waals surface area contributed by atoms with E-state index in [4.69, 9.17) is 11.5 Å². The highest BCUT2D eigenvalue weighted by atomic mass is 16.2. The van der Waals surface area contributed by atoms with Gasteiger partial charge in [-0.25, -0.2) is 4.79 Å². The van der Waals surface area contributed by atoms with Crippen LogP contribution in [0.25, 0.3) is 0 Å². The van der Waals surface area contributed by atoms with Crippen LogP contribution in [0, 0.1) is 0 Å². The summed E-state index contributed by atoms with van der Waals surface area (Å²) in [7, 11) is 0. The molecule has 0 spiro atoms. The molecule has 1 atom stereocenters. The van der Waals surface area contributed by atoms with Gasteiger partial charge in [0.15, 0.2) is 0 Å². The number of carbonyl (C=O) groups excluding carboxylic acids is 2. The van der Waals surface area contributed by atoms with Crippen LogP contribution >= 0.6 is 0 Å². The van der Waals surface area contributed by atoms with Crippen molar-refractivity contribution >= 4 is 11.9 Å². The largest absolute Gasteiger partial charge is 0.351 e. The standard InChI is InChI=1S/C13H18N4O2/c14-7-11-10-4-2-1-3-9(10)5-6-17(11)8-12(18)16-13(15)19/h1-4,11H,5-8,14H2,(H3,15,16,18,19). The summed E-state index contributed by atoms with van der Waals surface area (Å²) in [5.41, 5.74) is 13.2. The highest BCUT2D eigenvalue weighted by molar-refractivity contribution is 5.94. The van der Waals surface area contributed by atoms with Crippen LogP contribution in [0.5, 0.6) is 0 Å². The third-order valence-corrected chi connectivity index (χ3v) is 3.36. The number of amides is 3. The number of hydrogen-bond acceptors (Lipinski definition) is 4. The molecule has 6 nitrogen and oxygen atoms in total. The number of nitrogens with zero attached hydrogens (tertiary/aromatic N) is 1. The summed E-state index contributed by atoms with van der Waals surface area (Å²) in [6.45, 7) is 1.30. The maximum atomic E-state index is 11.6. The maximum absolute atomic E-state index is 11.6. The molecule has 5 N–H and O–H groups in total. The number of nitrogens with two attached hydrogens (primary N) is 2. The van der Waals surface area contributed by atoms with E-state index in [2.05, 4.69) is 11.4 Å². The van der Waals surface area contributed by atoms with Crippen molar-refractivity contribution in [3.05, 3.63) is 35.4 Å². The number of nitrogens with one attached hydrogen (secondary N) is 1. The first-order valence-corrected chi connectivity index (χ1v) is 6.23. The van der Waals surface area contributed by atoms with Gasteiger partial charge in [-0.15, -0.1) is 0 Å². The molecule has 1 heterocycles. The number of benzene rings is 1. The van der Waals surface area contributed by atoms with Crippen molar-refractivity contribution in [2.45, 2.75) is 12.5 Å². The molecule has 1 aromatic rings. The van der Waals surface area contributed by atoms with Crippen molar-refractivity contribution in [2.24, 2.45) is 11.5 Å². The van der Waals surface area contributed by atoms with Crippen LogP contribution in [0.1, 0.15) is 17.2 Å². The second-order valence-electron chi connectivity index (χ2n) is 4.58. The number of fused-ring (bicyclic) bond motifs is 1. The average molecular weight is 262 g/mol.